The summed E-state index contributed by atoms with van der Waals surface area (Å²) in [6.07, 6.45) is 2.55. The summed E-state index contributed by atoms with van der Waals surface area (Å²) >= 11 is 9.42. The van der Waals surface area contributed by atoms with E-state index in [1.165, 1.54) is 18.4 Å². The Hall–Kier alpha value is -0.0500. The monoisotopic (exact) mass is 273 g/mol. The Morgan fingerprint density at radius 2 is 2.29 bits per heavy atom. The van der Waals surface area contributed by atoms with Crippen LogP contribution in [0.4, 0.5) is 0 Å². The highest BCUT2D eigenvalue weighted by Gasteiger charge is 2.15. The van der Waals surface area contributed by atoms with E-state index in [1.54, 1.807) is 0 Å². The summed E-state index contributed by atoms with van der Waals surface area (Å²) in [6, 6.07) is 6.24. The molecule has 1 aromatic rings. The first-order valence-corrected chi connectivity index (χ1v) is 6.10. The second-order valence-electron chi connectivity index (χ2n) is 3.72. The minimum atomic E-state index is 0.650. The van der Waals surface area contributed by atoms with Crippen molar-refractivity contribution in [2.75, 3.05) is 13.1 Å². The Balaban J connectivity index is 2.18. The van der Waals surface area contributed by atoms with Crippen molar-refractivity contribution >= 4 is 27.5 Å². The minimum Gasteiger partial charge on any atom is -0.316 e. The maximum atomic E-state index is 5.96. The molecule has 0 bridgehead atoms. The molecule has 0 saturated carbocycles. The highest BCUT2D eigenvalue weighted by molar-refractivity contribution is 9.10. The Labute approximate surface area is 98.0 Å². The molecule has 0 spiro atoms. The zero-order valence-corrected chi connectivity index (χ0v) is 10.2. The van der Waals surface area contributed by atoms with Crippen LogP contribution in [-0.4, -0.2) is 13.1 Å². The average Bonchev–Trinajstić information content (AvgIpc) is 2.23. The summed E-state index contributed by atoms with van der Waals surface area (Å²) in [5, 5.41) is 4.21. The second-order valence-corrected chi connectivity index (χ2v) is 4.98. The van der Waals surface area contributed by atoms with E-state index in [-0.39, 0.29) is 0 Å². The van der Waals surface area contributed by atoms with E-state index in [4.69, 9.17) is 11.6 Å². The lowest BCUT2D eigenvalue weighted by Gasteiger charge is -2.23. The smallest absolute Gasteiger partial charge is 0.0548 e. The number of piperidine rings is 1. The molecule has 14 heavy (non-hydrogen) atoms. The molecule has 76 valence electrons. The number of halogens is 2. The molecule has 0 radical (unpaired) electrons. The fraction of sp³-hybridized carbons (Fsp3) is 0.455. The molecule has 0 aliphatic carbocycles. The Morgan fingerprint density at radius 3 is 2.93 bits per heavy atom. The molecule has 0 amide bonds. The molecule has 1 atom stereocenters. The number of nitrogens with one attached hydrogen (secondary N) is 1. The molecular weight excluding hydrogens is 261 g/mol. The van der Waals surface area contributed by atoms with Crippen LogP contribution in [0.15, 0.2) is 22.7 Å². The van der Waals surface area contributed by atoms with Crippen LogP contribution in [0.5, 0.6) is 0 Å². The van der Waals surface area contributed by atoms with Crippen LogP contribution in [-0.2, 0) is 0 Å². The van der Waals surface area contributed by atoms with Gasteiger partial charge in [0.1, 0.15) is 0 Å². The maximum Gasteiger partial charge on any atom is 0.0548 e. The highest BCUT2D eigenvalue weighted by atomic mass is 79.9. The molecule has 1 saturated heterocycles. The first-order valence-electron chi connectivity index (χ1n) is 4.93. The Bertz CT molecular complexity index is 321. The van der Waals surface area contributed by atoms with Crippen molar-refractivity contribution in [2.45, 2.75) is 18.8 Å². The van der Waals surface area contributed by atoms with Gasteiger partial charge in [0.25, 0.3) is 0 Å². The minimum absolute atomic E-state index is 0.650. The van der Waals surface area contributed by atoms with Gasteiger partial charge in [-0.15, -0.1) is 0 Å². The third-order valence-corrected chi connectivity index (χ3v) is 3.93. The third-order valence-electron chi connectivity index (χ3n) is 2.71. The van der Waals surface area contributed by atoms with Crippen LogP contribution in [0, 0.1) is 0 Å². The van der Waals surface area contributed by atoms with Crippen LogP contribution in [0.3, 0.4) is 0 Å². The van der Waals surface area contributed by atoms with E-state index in [1.807, 2.05) is 6.07 Å². The molecule has 1 aromatic carbocycles. The van der Waals surface area contributed by atoms with Crippen molar-refractivity contribution in [1.29, 1.82) is 0 Å². The van der Waals surface area contributed by atoms with Crippen molar-refractivity contribution in [3.63, 3.8) is 0 Å². The van der Waals surface area contributed by atoms with Crippen molar-refractivity contribution in [3.8, 4) is 0 Å². The summed E-state index contributed by atoms with van der Waals surface area (Å²) < 4.78 is 1.00. The number of benzene rings is 1. The molecule has 1 N–H and O–H groups in total. The largest absolute Gasteiger partial charge is 0.316 e. The quantitative estimate of drug-likeness (QED) is 0.825. The molecule has 0 unspecified atom stereocenters. The standard InChI is InChI=1S/C11H13BrClN/c12-10-6-8(3-4-11(10)13)9-2-1-5-14-7-9/h3-4,6,9,14H,1-2,5,7H2/t9-/m1/s1. The SMILES string of the molecule is Clc1ccc([C@@H]2CCCNC2)cc1Br. The summed E-state index contributed by atoms with van der Waals surface area (Å²) in [5.74, 6) is 0.650. The van der Waals surface area contributed by atoms with Crippen LogP contribution >= 0.6 is 27.5 Å². The number of rotatable bonds is 1. The fourth-order valence-electron chi connectivity index (χ4n) is 1.90. The van der Waals surface area contributed by atoms with Gasteiger partial charge in [-0.05, 0) is 58.9 Å². The molecule has 1 heterocycles. The molecule has 0 aromatic heterocycles. The van der Waals surface area contributed by atoms with E-state index in [2.05, 4.69) is 33.4 Å². The fourth-order valence-corrected chi connectivity index (χ4v) is 2.42. The summed E-state index contributed by atoms with van der Waals surface area (Å²) in [4.78, 5) is 0. The predicted molar refractivity (Wildman–Crippen MR) is 64.0 cm³/mol. The molecular formula is C11H13BrClN. The topological polar surface area (TPSA) is 12.0 Å². The lowest BCUT2D eigenvalue weighted by Crippen LogP contribution is -2.28. The van der Waals surface area contributed by atoms with Gasteiger partial charge in [-0.3, -0.25) is 0 Å². The average molecular weight is 275 g/mol. The lowest BCUT2D eigenvalue weighted by molar-refractivity contribution is 0.461. The van der Waals surface area contributed by atoms with Crippen molar-refractivity contribution in [1.82, 2.24) is 5.32 Å². The van der Waals surface area contributed by atoms with Gasteiger partial charge in [-0.25, -0.2) is 0 Å². The first kappa shape index (κ1) is 10.5. The lowest BCUT2D eigenvalue weighted by atomic mass is 9.92. The van der Waals surface area contributed by atoms with E-state index in [9.17, 15) is 0 Å². The van der Waals surface area contributed by atoms with Crippen molar-refractivity contribution in [2.24, 2.45) is 0 Å². The zero-order valence-electron chi connectivity index (χ0n) is 7.89. The van der Waals surface area contributed by atoms with Gasteiger partial charge in [0.2, 0.25) is 0 Å². The van der Waals surface area contributed by atoms with Crippen LogP contribution in [0.2, 0.25) is 5.02 Å². The van der Waals surface area contributed by atoms with Gasteiger partial charge in [0.05, 0.1) is 5.02 Å². The molecule has 3 heteroatoms. The van der Waals surface area contributed by atoms with Crippen molar-refractivity contribution in [3.05, 3.63) is 33.3 Å². The molecule has 1 aliphatic heterocycles. The summed E-state index contributed by atoms with van der Waals surface area (Å²) in [6.45, 7) is 2.25. The van der Waals surface area contributed by atoms with Gasteiger partial charge < -0.3 is 5.32 Å². The third kappa shape index (κ3) is 2.30. The highest BCUT2D eigenvalue weighted by Crippen LogP contribution is 2.29. The van der Waals surface area contributed by atoms with E-state index >= 15 is 0 Å². The van der Waals surface area contributed by atoms with Gasteiger partial charge in [0.15, 0.2) is 0 Å². The first-order chi connectivity index (χ1) is 6.77. The maximum absolute atomic E-state index is 5.96. The van der Waals surface area contributed by atoms with Gasteiger partial charge in [-0.2, -0.15) is 0 Å². The number of hydrogen-bond donors (Lipinski definition) is 1. The summed E-state index contributed by atoms with van der Waals surface area (Å²) in [7, 11) is 0. The van der Waals surface area contributed by atoms with E-state index < -0.39 is 0 Å². The van der Waals surface area contributed by atoms with Gasteiger partial charge in [-0.1, -0.05) is 17.7 Å². The van der Waals surface area contributed by atoms with Crippen LogP contribution < -0.4 is 5.32 Å². The zero-order chi connectivity index (χ0) is 9.97. The number of hydrogen-bond acceptors (Lipinski definition) is 1. The summed E-state index contributed by atoms with van der Waals surface area (Å²) in [5.41, 5.74) is 1.38. The Morgan fingerprint density at radius 1 is 1.43 bits per heavy atom. The second kappa shape index (κ2) is 4.65. The van der Waals surface area contributed by atoms with Gasteiger partial charge in [0, 0.05) is 11.0 Å². The Kier molecular flexibility index (Phi) is 3.47. The molecule has 1 aliphatic rings. The molecule has 2 rings (SSSR count). The van der Waals surface area contributed by atoms with Gasteiger partial charge >= 0.3 is 0 Å². The molecule has 1 fully saturated rings. The normalized spacial score (nSPS) is 22.3. The predicted octanol–water partition coefficient (Wildman–Crippen LogP) is 3.57. The van der Waals surface area contributed by atoms with Crippen LogP contribution in [0.1, 0.15) is 24.3 Å². The van der Waals surface area contributed by atoms with E-state index in [0.29, 0.717) is 5.92 Å². The van der Waals surface area contributed by atoms with Crippen molar-refractivity contribution < 1.29 is 0 Å². The van der Waals surface area contributed by atoms with E-state index in [0.717, 1.165) is 22.6 Å². The van der Waals surface area contributed by atoms with Crippen LogP contribution in [0.25, 0.3) is 0 Å². The molecule has 1 nitrogen and oxygen atoms in total.